The van der Waals surface area contributed by atoms with E-state index in [0.29, 0.717) is 26.2 Å². The Morgan fingerprint density at radius 3 is 2.05 bits per heavy atom. The van der Waals surface area contributed by atoms with Crippen LogP contribution in [0.1, 0.15) is 27.7 Å². The number of hydrogen-bond donors (Lipinski definition) is 2. The minimum Gasteiger partial charge on any atom is -0.340 e. The topological polar surface area (TPSA) is 81.8 Å². The van der Waals surface area contributed by atoms with Crippen molar-refractivity contribution in [3.8, 4) is 0 Å². The number of amides is 4. The van der Waals surface area contributed by atoms with Crippen LogP contribution >= 0.6 is 0 Å². The lowest BCUT2D eigenvalue weighted by Gasteiger charge is -2.33. The second kappa shape index (κ2) is 6.69. The monoisotopic (exact) mass is 284 g/mol. The summed E-state index contributed by atoms with van der Waals surface area (Å²) in [6, 6.07) is -0.482. The van der Waals surface area contributed by atoms with Crippen molar-refractivity contribution in [2.75, 3.05) is 32.7 Å². The first-order valence-electron chi connectivity index (χ1n) is 6.77. The molecule has 0 aromatic carbocycles. The fraction of sp³-hybridized carbons (Fsp3) is 0.769. The zero-order valence-electron chi connectivity index (χ0n) is 12.7. The molecule has 0 spiro atoms. The van der Waals surface area contributed by atoms with E-state index in [-0.39, 0.29) is 23.9 Å². The molecular weight excluding hydrogens is 260 g/mol. The van der Waals surface area contributed by atoms with Gasteiger partial charge in [0.05, 0.1) is 6.54 Å². The van der Waals surface area contributed by atoms with Gasteiger partial charge < -0.3 is 10.2 Å². The number of carbonyl (C=O) groups excluding carboxylic acids is 3. The Hall–Kier alpha value is -1.63. The molecule has 0 saturated carbocycles. The van der Waals surface area contributed by atoms with Crippen molar-refractivity contribution < 1.29 is 14.4 Å². The Balaban J connectivity index is 2.30. The zero-order chi connectivity index (χ0) is 15.3. The molecule has 0 aliphatic carbocycles. The van der Waals surface area contributed by atoms with Crippen molar-refractivity contribution in [2.45, 2.75) is 33.2 Å². The first kappa shape index (κ1) is 16.4. The van der Waals surface area contributed by atoms with Crippen LogP contribution in [0.3, 0.4) is 0 Å². The second-order valence-electron chi connectivity index (χ2n) is 6.03. The molecule has 1 rings (SSSR count). The van der Waals surface area contributed by atoms with E-state index < -0.39 is 6.03 Å². The van der Waals surface area contributed by atoms with Gasteiger partial charge in [-0.3, -0.25) is 19.8 Å². The van der Waals surface area contributed by atoms with Crippen molar-refractivity contribution in [3.05, 3.63) is 0 Å². The lowest BCUT2D eigenvalue weighted by atomic mass is 10.1. The van der Waals surface area contributed by atoms with E-state index in [1.165, 1.54) is 0 Å². The molecule has 0 aromatic heterocycles. The Labute approximate surface area is 119 Å². The van der Waals surface area contributed by atoms with E-state index in [2.05, 4.69) is 10.6 Å². The summed E-state index contributed by atoms with van der Waals surface area (Å²) in [6.07, 6.45) is 0. The molecule has 1 aliphatic heterocycles. The van der Waals surface area contributed by atoms with Crippen LogP contribution < -0.4 is 10.6 Å². The number of piperazine rings is 1. The lowest BCUT2D eigenvalue weighted by molar-refractivity contribution is -0.130. The number of nitrogens with zero attached hydrogens (tertiary/aromatic N) is 2. The highest BCUT2D eigenvalue weighted by Gasteiger charge is 2.21. The van der Waals surface area contributed by atoms with E-state index in [9.17, 15) is 14.4 Å². The third-order valence-corrected chi connectivity index (χ3v) is 2.93. The van der Waals surface area contributed by atoms with Gasteiger partial charge in [0.1, 0.15) is 0 Å². The highest BCUT2D eigenvalue weighted by atomic mass is 16.2. The molecule has 7 heteroatoms. The maximum absolute atomic E-state index is 11.7. The molecule has 7 nitrogen and oxygen atoms in total. The van der Waals surface area contributed by atoms with Crippen LogP contribution in [0.4, 0.5) is 4.79 Å². The molecule has 4 amide bonds. The molecule has 20 heavy (non-hydrogen) atoms. The van der Waals surface area contributed by atoms with E-state index in [1.807, 2.05) is 25.7 Å². The molecule has 0 aromatic rings. The Bertz CT molecular complexity index is 382. The predicted octanol–water partition coefficient (Wildman–Crippen LogP) is -0.225. The van der Waals surface area contributed by atoms with E-state index >= 15 is 0 Å². The largest absolute Gasteiger partial charge is 0.340 e. The van der Waals surface area contributed by atoms with E-state index in [4.69, 9.17) is 0 Å². The van der Waals surface area contributed by atoms with Gasteiger partial charge in [0, 0.05) is 38.6 Å². The number of carbonyl (C=O) groups is 3. The lowest BCUT2D eigenvalue weighted by Crippen LogP contribution is -2.53. The molecule has 0 radical (unpaired) electrons. The van der Waals surface area contributed by atoms with Crippen LogP contribution in [-0.2, 0) is 9.59 Å². The zero-order valence-corrected chi connectivity index (χ0v) is 12.7. The predicted molar refractivity (Wildman–Crippen MR) is 75.1 cm³/mol. The number of imide groups is 1. The second-order valence-corrected chi connectivity index (χ2v) is 6.03. The van der Waals surface area contributed by atoms with Gasteiger partial charge in [0.2, 0.25) is 11.8 Å². The van der Waals surface area contributed by atoms with Gasteiger partial charge >= 0.3 is 6.03 Å². The maximum Gasteiger partial charge on any atom is 0.321 e. The summed E-state index contributed by atoms with van der Waals surface area (Å²) < 4.78 is 0. The molecule has 2 N–H and O–H groups in total. The standard InChI is InChI=1S/C13H24N4O3/c1-10(18)17-7-5-16(6-8-17)9-11(19)14-12(20)15-13(2,3)4/h5-9H2,1-4H3,(H2,14,15,19,20). The van der Waals surface area contributed by atoms with Crippen LogP contribution in [0, 0.1) is 0 Å². The minimum absolute atomic E-state index is 0.0543. The van der Waals surface area contributed by atoms with Crippen LogP contribution in [0.25, 0.3) is 0 Å². The highest BCUT2D eigenvalue weighted by molar-refractivity contribution is 5.95. The van der Waals surface area contributed by atoms with E-state index in [0.717, 1.165) is 0 Å². The fourth-order valence-corrected chi connectivity index (χ4v) is 1.96. The van der Waals surface area contributed by atoms with Crippen molar-refractivity contribution in [3.63, 3.8) is 0 Å². The van der Waals surface area contributed by atoms with Crippen LogP contribution in [0.5, 0.6) is 0 Å². The fourth-order valence-electron chi connectivity index (χ4n) is 1.96. The first-order valence-corrected chi connectivity index (χ1v) is 6.77. The average molecular weight is 284 g/mol. The molecule has 0 bridgehead atoms. The summed E-state index contributed by atoms with van der Waals surface area (Å²) in [7, 11) is 0. The molecular formula is C13H24N4O3. The SMILES string of the molecule is CC(=O)N1CCN(CC(=O)NC(=O)NC(C)(C)C)CC1. The van der Waals surface area contributed by atoms with Gasteiger partial charge in [-0.05, 0) is 20.8 Å². The average Bonchev–Trinajstić information content (AvgIpc) is 2.26. The summed E-state index contributed by atoms with van der Waals surface area (Å²) in [5.41, 5.74) is -0.378. The van der Waals surface area contributed by atoms with Gasteiger partial charge in [-0.1, -0.05) is 0 Å². The molecule has 1 saturated heterocycles. The number of urea groups is 1. The third-order valence-electron chi connectivity index (χ3n) is 2.93. The molecule has 0 unspecified atom stereocenters. The summed E-state index contributed by atoms with van der Waals surface area (Å²) in [4.78, 5) is 38.1. The Kier molecular flexibility index (Phi) is 5.50. The molecule has 114 valence electrons. The summed E-state index contributed by atoms with van der Waals surface area (Å²) in [5.74, 6) is -0.276. The van der Waals surface area contributed by atoms with Gasteiger partial charge in [0.15, 0.2) is 0 Å². The van der Waals surface area contributed by atoms with Gasteiger partial charge in [-0.15, -0.1) is 0 Å². The highest BCUT2D eigenvalue weighted by Crippen LogP contribution is 2.01. The molecule has 1 fully saturated rings. The van der Waals surface area contributed by atoms with Gasteiger partial charge in [-0.2, -0.15) is 0 Å². The Morgan fingerprint density at radius 1 is 1.05 bits per heavy atom. The van der Waals surface area contributed by atoms with Crippen LogP contribution in [-0.4, -0.2) is 65.9 Å². The molecule has 1 heterocycles. The van der Waals surface area contributed by atoms with Crippen molar-refractivity contribution in [2.24, 2.45) is 0 Å². The van der Waals surface area contributed by atoms with Crippen molar-refractivity contribution in [1.29, 1.82) is 0 Å². The van der Waals surface area contributed by atoms with E-state index in [1.54, 1.807) is 11.8 Å². The first-order chi connectivity index (χ1) is 9.17. The van der Waals surface area contributed by atoms with Crippen LogP contribution in [0.2, 0.25) is 0 Å². The number of nitrogens with one attached hydrogen (secondary N) is 2. The summed E-state index contributed by atoms with van der Waals surface area (Å²) >= 11 is 0. The molecule has 1 aliphatic rings. The summed E-state index contributed by atoms with van der Waals surface area (Å²) in [6.45, 7) is 9.78. The van der Waals surface area contributed by atoms with Gasteiger partial charge in [0.25, 0.3) is 0 Å². The third kappa shape index (κ3) is 6.01. The van der Waals surface area contributed by atoms with Crippen molar-refractivity contribution >= 4 is 17.8 Å². The van der Waals surface area contributed by atoms with Crippen LogP contribution in [0.15, 0.2) is 0 Å². The number of hydrogen-bond acceptors (Lipinski definition) is 4. The smallest absolute Gasteiger partial charge is 0.321 e. The minimum atomic E-state index is -0.482. The van der Waals surface area contributed by atoms with Crippen molar-refractivity contribution in [1.82, 2.24) is 20.4 Å². The summed E-state index contributed by atoms with van der Waals surface area (Å²) in [5, 5.41) is 4.97. The normalized spacial score (nSPS) is 16.7. The quantitative estimate of drug-likeness (QED) is 0.734. The Morgan fingerprint density at radius 2 is 1.60 bits per heavy atom. The maximum atomic E-state index is 11.7. The number of rotatable bonds is 2. The molecule has 0 atom stereocenters. The van der Waals surface area contributed by atoms with Gasteiger partial charge in [-0.25, -0.2) is 4.79 Å².